The fraction of sp³-hybridized carbons (Fsp3) is 0.300. The zero-order chi connectivity index (χ0) is 11.5. The summed E-state index contributed by atoms with van der Waals surface area (Å²) in [6.45, 7) is 3.25. The molecule has 0 saturated heterocycles. The molecule has 2 aromatic rings. The van der Waals surface area contributed by atoms with Crippen molar-refractivity contribution < 1.29 is 0 Å². The average molecular weight is 239 g/mol. The Bertz CT molecular complexity index is 546. The number of rotatable bonds is 3. The zero-order valence-corrected chi connectivity index (χ0v) is 9.55. The summed E-state index contributed by atoms with van der Waals surface area (Å²) in [5.74, 6) is 0.826. The van der Waals surface area contributed by atoms with Crippen LogP contribution >= 0.6 is 11.6 Å². The van der Waals surface area contributed by atoms with Crippen LogP contribution in [0, 0.1) is 0 Å². The summed E-state index contributed by atoms with van der Waals surface area (Å²) in [6, 6.07) is 0. The third-order valence-corrected chi connectivity index (χ3v) is 2.59. The van der Waals surface area contributed by atoms with Gasteiger partial charge in [-0.1, -0.05) is 11.6 Å². The summed E-state index contributed by atoms with van der Waals surface area (Å²) in [5, 5.41) is -0.0166. The van der Waals surface area contributed by atoms with Crippen LogP contribution in [0.25, 0.3) is 0 Å². The van der Waals surface area contributed by atoms with Crippen LogP contribution in [0.2, 0.25) is 5.15 Å². The van der Waals surface area contributed by atoms with Gasteiger partial charge in [-0.2, -0.15) is 0 Å². The maximum Gasteiger partial charge on any atom is 0.288 e. The molecular weight excluding hydrogens is 228 g/mol. The van der Waals surface area contributed by atoms with E-state index in [1.807, 2.05) is 17.7 Å². The van der Waals surface area contributed by atoms with Crippen molar-refractivity contribution >= 4 is 11.6 Å². The minimum Gasteiger partial charge on any atom is -0.334 e. The van der Waals surface area contributed by atoms with E-state index in [2.05, 4.69) is 9.97 Å². The number of hydrogen-bond acceptors (Lipinski definition) is 3. The molecule has 16 heavy (non-hydrogen) atoms. The first kappa shape index (κ1) is 10.9. The maximum absolute atomic E-state index is 11.6. The highest BCUT2D eigenvalue weighted by atomic mass is 35.5. The first-order valence-electron chi connectivity index (χ1n) is 4.93. The first-order valence-corrected chi connectivity index (χ1v) is 5.31. The molecule has 0 saturated carbocycles. The van der Waals surface area contributed by atoms with Crippen LogP contribution < -0.4 is 5.56 Å². The van der Waals surface area contributed by atoms with Crippen molar-refractivity contribution in [3.05, 3.63) is 46.1 Å². The average Bonchev–Trinajstić information content (AvgIpc) is 2.72. The van der Waals surface area contributed by atoms with Gasteiger partial charge in [0.05, 0.1) is 6.54 Å². The van der Waals surface area contributed by atoms with Gasteiger partial charge in [0.2, 0.25) is 0 Å². The molecule has 0 fully saturated rings. The van der Waals surface area contributed by atoms with Crippen LogP contribution in [0.1, 0.15) is 12.7 Å². The molecule has 6 heteroatoms. The predicted octanol–water partition coefficient (Wildman–Crippen LogP) is 1.16. The number of hydrogen-bond donors (Lipinski definition) is 0. The molecular formula is C10H11ClN4O. The summed E-state index contributed by atoms with van der Waals surface area (Å²) in [6.07, 6.45) is 6.70. The van der Waals surface area contributed by atoms with Crippen LogP contribution in [-0.4, -0.2) is 19.1 Å². The van der Waals surface area contributed by atoms with Gasteiger partial charge in [0.25, 0.3) is 5.56 Å². The van der Waals surface area contributed by atoms with E-state index in [-0.39, 0.29) is 10.7 Å². The topological polar surface area (TPSA) is 52.7 Å². The molecule has 84 valence electrons. The summed E-state index contributed by atoms with van der Waals surface area (Å²) in [4.78, 5) is 19.5. The Morgan fingerprint density at radius 2 is 1.94 bits per heavy atom. The fourth-order valence-electron chi connectivity index (χ4n) is 1.48. The molecule has 0 radical (unpaired) electrons. The van der Waals surface area contributed by atoms with Crippen LogP contribution in [0.4, 0.5) is 0 Å². The van der Waals surface area contributed by atoms with Crippen molar-refractivity contribution in [1.82, 2.24) is 19.1 Å². The molecule has 0 bridgehead atoms. The van der Waals surface area contributed by atoms with Crippen LogP contribution in [-0.2, 0) is 13.1 Å². The van der Waals surface area contributed by atoms with E-state index in [1.165, 1.54) is 10.8 Å². The van der Waals surface area contributed by atoms with E-state index in [0.29, 0.717) is 6.54 Å². The van der Waals surface area contributed by atoms with Crippen LogP contribution in [0.15, 0.2) is 29.6 Å². The van der Waals surface area contributed by atoms with Crippen LogP contribution in [0.5, 0.6) is 0 Å². The van der Waals surface area contributed by atoms with Crippen molar-refractivity contribution in [3.8, 4) is 0 Å². The van der Waals surface area contributed by atoms with Gasteiger partial charge in [0, 0.05) is 31.3 Å². The van der Waals surface area contributed by atoms with E-state index in [4.69, 9.17) is 11.6 Å². The van der Waals surface area contributed by atoms with E-state index < -0.39 is 0 Å². The Balaban J connectivity index is 2.34. The zero-order valence-electron chi connectivity index (χ0n) is 8.80. The Morgan fingerprint density at radius 3 is 2.69 bits per heavy atom. The number of imidazole rings is 1. The van der Waals surface area contributed by atoms with Gasteiger partial charge in [-0.3, -0.25) is 4.79 Å². The second-order valence-corrected chi connectivity index (χ2v) is 3.64. The quantitative estimate of drug-likeness (QED) is 0.807. The minimum atomic E-state index is -0.296. The normalized spacial score (nSPS) is 10.6. The van der Waals surface area contributed by atoms with E-state index in [1.54, 1.807) is 12.4 Å². The van der Waals surface area contributed by atoms with Crippen LogP contribution in [0.3, 0.4) is 0 Å². The summed E-state index contributed by atoms with van der Waals surface area (Å²) < 4.78 is 3.46. The number of aryl methyl sites for hydroxylation is 1. The Morgan fingerprint density at radius 1 is 1.25 bits per heavy atom. The lowest BCUT2D eigenvalue weighted by molar-refractivity contribution is 0.636. The molecule has 0 aromatic carbocycles. The highest BCUT2D eigenvalue weighted by molar-refractivity contribution is 6.29. The first-order chi connectivity index (χ1) is 7.72. The fourth-order valence-corrected chi connectivity index (χ4v) is 1.64. The molecule has 5 nitrogen and oxygen atoms in total. The van der Waals surface area contributed by atoms with Crippen molar-refractivity contribution in [3.63, 3.8) is 0 Å². The number of nitrogens with zero attached hydrogens (tertiary/aromatic N) is 4. The molecule has 0 unspecified atom stereocenters. The molecule has 0 amide bonds. The Hall–Kier alpha value is -1.62. The summed E-state index contributed by atoms with van der Waals surface area (Å²) in [7, 11) is 0. The lowest BCUT2D eigenvalue weighted by Crippen LogP contribution is -2.22. The monoisotopic (exact) mass is 238 g/mol. The number of halogens is 1. The minimum absolute atomic E-state index is 0.0166. The van der Waals surface area contributed by atoms with Crippen molar-refractivity contribution in [2.45, 2.75) is 20.0 Å². The third kappa shape index (κ3) is 1.99. The van der Waals surface area contributed by atoms with Gasteiger partial charge in [0.15, 0.2) is 5.15 Å². The molecule has 2 heterocycles. The van der Waals surface area contributed by atoms with Crippen molar-refractivity contribution in [2.24, 2.45) is 0 Å². The van der Waals surface area contributed by atoms with Gasteiger partial charge < -0.3 is 9.13 Å². The maximum atomic E-state index is 11.6. The largest absolute Gasteiger partial charge is 0.334 e. The second-order valence-electron chi connectivity index (χ2n) is 3.28. The second kappa shape index (κ2) is 4.49. The molecule has 0 aliphatic carbocycles. The Labute approximate surface area is 97.3 Å². The van der Waals surface area contributed by atoms with Gasteiger partial charge in [0.1, 0.15) is 5.82 Å². The highest BCUT2D eigenvalue weighted by Gasteiger charge is 2.05. The lowest BCUT2D eigenvalue weighted by atomic mass is 10.5. The molecule has 0 aliphatic heterocycles. The number of aromatic nitrogens is 4. The van der Waals surface area contributed by atoms with E-state index in [9.17, 15) is 4.79 Å². The predicted molar refractivity (Wildman–Crippen MR) is 60.5 cm³/mol. The molecule has 0 atom stereocenters. The molecule has 2 rings (SSSR count). The van der Waals surface area contributed by atoms with E-state index in [0.717, 1.165) is 12.4 Å². The molecule has 2 aromatic heterocycles. The summed E-state index contributed by atoms with van der Waals surface area (Å²) >= 11 is 5.66. The van der Waals surface area contributed by atoms with Gasteiger partial charge in [-0.25, -0.2) is 9.97 Å². The molecule has 0 aliphatic rings. The van der Waals surface area contributed by atoms with Gasteiger partial charge >= 0.3 is 0 Å². The molecule has 0 spiro atoms. The smallest absolute Gasteiger partial charge is 0.288 e. The van der Waals surface area contributed by atoms with Gasteiger partial charge in [-0.15, -0.1) is 0 Å². The Kier molecular flexibility index (Phi) is 3.05. The SMILES string of the molecule is CCn1ccnc1Cn1ccnc(Cl)c1=O. The van der Waals surface area contributed by atoms with E-state index >= 15 is 0 Å². The highest BCUT2D eigenvalue weighted by Crippen LogP contribution is 2.00. The third-order valence-electron chi connectivity index (χ3n) is 2.33. The van der Waals surface area contributed by atoms with Gasteiger partial charge in [-0.05, 0) is 6.92 Å². The summed E-state index contributed by atoms with van der Waals surface area (Å²) in [5.41, 5.74) is -0.296. The standard InChI is InChI=1S/C10H11ClN4O/c1-2-14-5-3-12-8(14)7-15-6-4-13-9(11)10(15)16/h3-6H,2,7H2,1H3. The lowest BCUT2D eigenvalue weighted by Gasteiger charge is -2.06. The van der Waals surface area contributed by atoms with Crippen molar-refractivity contribution in [2.75, 3.05) is 0 Å². The molecule has 0 N–H and O–H groups in total. The van der Waals surface area contributed by atoms with Crippen molar-refractivity contribution in [1.29, 1.82) is 0 Å².